The van der Waals surface area contributed by atoms with E-state index in [2.05, 4.69) is 20.8 Å². The van der Waals surface area contributed by atoms with Gasteiger partial charge in [-0.15, -0.1) is 10.2 Å². The van der Waals surface area contributed by atoms with Crippen molar-refractivity contribution < 1.29 is 9.18 Å². The fourth-order valence-electron chi connectivity index (χ4n) is 2.06. The van der Waals surface area contributed by atoms with Gasteiger partial charge < -0.3 is 10.6 Å². The third-order valence-corrected chi connectivity index (χ3v) is 3.47. The van der Waals surface area contributed by atoms with Crippen LogP contribution in [-0.2, 0) is 4.79 Å². The van der Waals surface area contributed by atoms with Gasteiger partial charge in [0.05, 0.1) is 5.69 Å². The van der Waals surface area contributed by atoms with Crippen LogP contribution in [0, 0.1) is 5.82 Å². The molecule has 1 aromatic heterocycles. The first-order chi connectivity index (χ1) is 11.5. The summed E-state index contributed by atoms with van der Waals surface area (Å²) in [4.78, 5) is 12.8. The Labute approximate surface area is 142 Å². The first kappa shape index (κ1) is 16.0. The van der Waals surface area contributed by atoms with Crippen LogP contribution in [-0.4, -0.2) is 26.0 Å². The van der Waals surface area contributed by atoms with Gasteiger partial charge in [0, 0.05) is 12.1 Å². The molecule has 0 aliphatic carbocycles. The van der Waals surface area contributed by atoms with Crippen LogP contribution in [0.4, 0.5) is 10.1 Å². The number of hydrogen-bond acceptors (Lipinski definition) is 4. The average molecular weight is 343 g/mol. The average Bonchev–Trinajstić information content (AvgIpc) is 2.98. The highest BCUT2D eigenvalue weighted by Gasteiger charge is 2.07. The van der Waals surface area contributed by atoms with Crippen molar-refractivity contribution in [3.8, 4) is 5.69 Å². The van der Waals surface area contributed by atoms with Crippen LogP contribution < -0.4 is 10.6 Å². The van der Waals surface area contributed by atoms with E-state index in [0.717, 1.165) is 0 Å². The Kier molecular flexibility index (Phi) is 4.48. The van der Waals surface area contributed by atoms with Crippen LogP contribution in [0.1, 0.15) is 13.3 Å². The van der Waals surface area contributed by atoms with E-state index in [1.54, 1.807) is 37.3 Å². The van der Waals surface area contributed by atoms with Crippen LogP contribution in [0.3, 0.4) is 0 Å². The van der Waals surface area contributed by atoms with Gasteiger partial charge in [0.1, 0.15) is 16.9 Å². The zero-order chi connectivity index (χ0) is 17.1. The third-order valence-electron chi connectivity index (χ3n) is 3.27. The smallest absolute Gasteiger partial charge is 0.225 e. The van der Waals surface area contributed by atoms with Crippen molar-refractivity contribution in [1.82, 2.24) is 20.3 Å². The molecule has 6 nitrogen and oxygen atoms in total. The summed E-state index contributed by atoms with van der Waals surface area (Å²) in [6.45, 7) is 1.75. The van der Waals surface area contributed by atoms with E-state index in [0.29, 0.717) is 28.8 Å². The van der Waals surface area contributed by atoms with Crippen molar-refractivity contribution in [2.45, 2.75) is 13.3 Å². The SMILES string of the molecule is CCC(=O)NC(=S)Nc1ccc2nn(-c3ccc(F)cc3)nc2c1. The molecule has 8 heteroatoms. The monoisotopic (exact) mass is 343 g/mol. The zero-order valence-corrected chi connectivity index (χ0v) is 13.6. The number of amides is 1. The highest BCUT2D eigenvalue weighted by molar-refractivity contribution is 7.80. The number of carbonyl (C=O) groups is 1. The molecule has 122 valence electrons. The van der Waals surface area contributed by atoms with Gasteiger partial charge in [-0.25, -0.2) is 4.39 Å². The number of rotatable bonds is 3. The number of nitrogens with one attached hydrogen (secondary N) is 2. The number of nitrogens with zero attached hydrogens (tertiary/aromatic N) is 3. The van der Waals surface area contributed by atoms with E-state index in [1.165, 1.54) is 16.9 Å². The number of hydrogen-bond donors (Lipinski definition) is 2. The first-order valence-electron chi connectivity index (χ1n) is 7.29. The molecule has 0 fully saturated rings. The fraction of sp³-hybridized carbons (Fsp3) is 0.125. The molecule has 0 aliphatic rings. The van der Waals surface area contributed by atoms with Crippen molar-refractivity contribution in [3.63, 3.8) is 0 Å². The summed E-state index contributed by atoms with van der Waals surface area (Å²) < 4.78 is 13.0. The first-order valence-corrected chi connectivity index (χ1v) is 7.70. The molecule has 2 N–H and O–H groups in total. The molecule has 1 heterocycles. The topological polar surface area (TPSA) is 71.8 Å². The zero-order valence-electron chi connectivity index (χ0n) is 12.8. The molecular formula is C16H14FN5OS. The van der Waals surface area contributed by atoms with Crippen LogP contribution in [0.15, 0.2) is 42.5 Å². The number of carbonyl (C=O) groups excluding carboxylic acids is 1. The largest absolute Gasteiger partial charge is 0.332 e. The maximum absolute atomic E-state index is 13.0. The lowest BCUT2D eigenvalue weighted by Crippen LogP contribution is -2.33. The quantitative estimate of drug-likeness (QED) is 0.716. The molecule has 0 atom stereocenters. The Morgan fingerprint density at radius 1 is 1.17 bits per heavy atom. The second kappa shape index (κ2) is 6.71. The van der Waals surface area contributed by atoms with Crippen LogP contribution >= 0.6 is 12.2 Å². The van der Waals surface area contributed by atoms with Crippen LogP contribution in [0.2, 0.25) is 0 Å². The molecule has 0 radical (unpaired) electrons. The number of aromatic nitrogens is 3. The summed E-state index contributed by atoms with van der Waals surface area (Å²) in [5, 5.41) is 14.4. The number of thiocarbonyl (C=S) groups is 1. The molecule has 0 saturated carbocycles. The molecule has 24 heavy (non-hydrogen) atoms. The molecule has 0 spiro atoms. The highest BCUT2D eigenvalue weighted by Crippen LogP contribution is 2.17. The van der Waals surface area contributed by atoms with E-state index in [1.807, 2.05) is 0 Å². The lowest BCUT2D eigenvalue weighted by molar-refractivity contribution is -0.119. The van der Waals surface area contributed by atoms with Crippen molar-refractivity contribution in [2.24, 2.45) is 0 Å². The minimum atomic E-state index is -0.315. The van der Waals surface area contributed by atoms with Crippen molar-refractivity contribution >= 4 is 40.0 Å². The summed E-state index contributed by atoms with van der Waals surface area (Å²) in [7, 11) is 0. The van der Waals surface area contributed by atoms with Gasteiger partial charge in [0.25, 0.3) is 0 Å². The third kappa shape index (κ3) is 3.54. The van der Waals surface area contributed by atoms with Gasteiger partial charge >= 0.3 is 0 Å². The second-order valence-electron chi connectivity index (χ2n) is 5.03. The normalized spacial score (nSPS) is 10.6. The minimum Gasteiger partial charge on any atom is -0.332 e. The van der Waals surface area contributed by atoms with Gasteiger partial charge in [0.2, 0.25) is 5.91 Å². The molecule has 1 amide bonds. The van der Waals surface area contributed by atoms with Crippen molar-refractivity contribution in [3.05, 3.63) is 48.3 Å². The highest BCUT2D eigenvalue weighted by atomic mass is 32.1. The van der Waals surface area contributed by atoms with Gasteiger partial charge in [-0.05, 0) is 54.7 Å². The minimum absolute atomic E-state index is 0.157. The van der Waals surface area contributed by atoms with Gasteiger partial charge in [0.15, 0.2) is 5.11 Å². The molecule has 3 rings (SSSR count). The lowest BCUT2D eigenvalue weighted by Gasteiger charge is -2.08. The molecule has 2 aromatic carbocycles. The number of benzene rings is 2. The van der Waals surface area contributed by atoms with E-state index in [9.17, 15) is 9.18 Å². The maximum atomic E-state index is 13.0. The number of fused-ring (bicyclic) bond motifs is 1. The molecule has 0 saturated heterocycles. The van der Waals surface area contributed by atoms with Crippen molar-refractivity contribution in [1.29, 1.82) is 0 Å². The Morgan fingerprint density at radius 3 is 2.58 bits per heavy atom. The molecule has 0 bridgehead atoms. The van der Waals surface area contributed by atoms with Crippen LogP contribution in [0.25, 0.3) is 16.7 Å². The lowest BCUT2D eigenvalue weighted by atomic mass is 10.3. The standard InChI is InChI=1S/C16H14FN5OS/c1-2-15(23)19-16(24)18-11-5-8-13-14(9-11)21-22(20-13)12-6-3-10(17)4-7-12/h3-9H,2H2,1H3,(H2,18,19,23,24). The summed E-state index contributed by atoms with van der Waals surface area (Å²) in [5.74, 6) is -0.472. The van der Waals surface area contributed by atoms with E-state index in [-0.39, 0.29) is 16.8 Å². The summed E-state index contributed by atoms with van der Waals surface area (Å²) in [6, 6.07) is 11.3. The fourth-order valence-corrected chi connectivity index (χ4v) is 2.29. The second-order valence-corrected chi connectivity index (χ2v) is 5.43. The Hall–Kier alpha value is -2.87. The van der Waals surface area contributed by atoms with E-state index >= 15 is 0 Å². The van der Waals surface area contributed by atoms with Gasteiger partial charge in [-0.3, -0.25) is 4.79 Å². The van der Waals surface area contributed by atoms with E-state index in [4.69, 9.17) is 12.2 Å². The summed E-state index contributed by atoms with van der Waals surface area (Å²) in [6.07, 6.45) is 0.354. The molecule has 3 aromatic rings. The maximum Gasteiger partial charge on any atom is 0.225 e. The number of halogens is 1. The molecule has 0 unspecified atom stereocenters. The number of anilines is 1. The summed E-state index contributed by atoms with van der Waals surface area (Å²) in [5.41, 5.74) is 2.69. The summed E-state index contributed by atoms with van der Waals surface area (Å²) >= 11 is 5.08. The van der Waals surface area contributed by atoms with Gasteiger partial charge in [-0.1, -0.05) is 6.92 Å². The Balaban J connectivity index is 1.82. The predicted molar refractivity (Wildman–Crippen MR) is 93.5 cm³/mol. The van der Waals surface area contributed by atoms with Crippen molar-refractivity contribution in [2.75, 3.05) is 5.32 Å². The Bertz CT molecular complexity index is 906. The van der Waals surface area contributed by atoms with Gasteiger partial charge in [-0.2, -0.15) is 4.80 Å². The van der Waals surface area contributed by atoms with E-state index < -0.39 is 0 Å². The molecule has 0 aliphatic heterocycles. The Morgan fingerprint density at radius 2 is 1.88 bits per heavy atom. The van der Waals surface area contributed by atoms with Crippen LogP contribution in [0.5, 0.6) is 0 Å². The molecular weight excluding hydrogens is 329 g/mol. The predicted octanol–water partition coefficient (Wildman–Crippen LogP) is 2.78.